The molecule has 2 saturated carbocycles. The molecular formula is C25H29F2N5O2. The summed E-state index contributed by atoms with van der Waals surface area (Å²) in [6.07, 6.45) is 6.84. The first-order valence-corrected chi connectivity index (χ1v) is 12.1. The second-order valence-electron chi connectivity index (χ2n) is 10.9. The van der Waals surface area contributed by atoms with E-state index in [1.54, 1.807) is 0 Å². The Labute approximate surface area is 197 Å². The highest BCUT2D eigenvalue weighted by Gasteiger charge is 2.50. The molecule has 4 fully saturated rings. The molecule has 2 saturated heterocycles. The minimum absolute atomic E-state index is 0.0341. The van der Waals surface area contributed by atoms with Gasteiger partial charge in [0.1, 0.15) is 11.6 Å². The second-order valence-corrected chi connectivity index (χ2v) is 10.9. The van der Waals surface area contributed by atoms with Gasteiger partial charge in [0, 0.05) is 48.3 Å². The molecule has 2 aromatic rings. The Balaban J connectivity index is 1.09. The molecule has 1 aromatic carbocycles. The predicted octanol–water partition coefficient (Wildman–Crippen LogP) is 4.59. The average molecular weight is 470 g/mol. The van der Waals surface area contributed by atoms with Crippen molar-refractivity contribution in [2.24, 2.45) is 5.41 Å². The topological polar surface area (TPSA) is 83.3 Å². The average Bonchev–Trinajstić information content (AvgIpc) is 3.12. The molecule has 2 N–H and O–H groups in total. The van der Waals surface area contributed by atoms with Crippen LogP contribution in [-0.2, 0) is 4.79 Å². The molecule has 1 unspecified atom stereocenters. The van der Waals surface area contributed by atoms with Crippen LogP contribution in [0.4, 0.5) is 20.5 Å². The van der Waals surface area contributed by atoms with Gasteiger partial charge in [0.25, 0.3) is 0 Å². The summed E-state index contributed by atoms with van der Waals surface area (Å²) in [5, 5.41) is 14.3. The van der Waals surface area contributed by atoms with E-state index in [9.17, 15) is 13.6 Å². The van der Waals surface area contributed by atoms with E-state index in [4.69, 9.17) is 4.42 Å². The third kappa shape index (κ3) is 3.56. The standard InChI is InChI=1S/C25H29F2N5O2/c1-14-17(4-5-20(33)28-14)21-18(26)8-16(9-19(21)27)32-12-24(2,13-32)29-23-31-30-22(34-23)15-10-25(11-15)6-3-7-25/h8-9,15,17H,1,3-7,10-13H2,2H3,(H,28,33)(H,29,31). The van der Waals surface area contributed by atoms with Crippen LogP contribution in [-0.4, -0.2) is 34.7 Å². The Kier molecular flexibility index (Phi) is 4.76. The lowest BCUT2D eigenvalue weighted by Crippen LogP contribution is -2.64. The number of nitrogens with zero attached hydrogens (tertiary/aromatic N) is 3. The third-order valence-electron chi connectivity index (χ3n) is 8.21. The summed E-state index contributed by atoms with van der Waals surface area (Å²) in [6.45, 7) is 6.89. The van der Waals surface area contributed by atoms with Crippen molar-refractivity contribution >= 4 is 17.6 Å². The first kappa shape index (κ1) is 21.6. The van der Waals surface area contributed by atoms with Crippen LogP contribution in [0.3, 0.4) is 0 Å². The second kappa shape index (κ2) is 7.52. The molecule has 0 radical (unpaired) electrons. The summed E-state index contributed by atoms with van der Waals surface area (Å²) in [7, 11) is 0. The number of hydrogen-bond donors (Lipinski definition) is 2. The van der Waals surface area contributed by atoms with Crippen molar-refractivity contribution in [3.63, 3.8) is 0 Å². The molecule has 2 aliphatic heterocycles. The molecule has 7 nitrogen and oxygen atoms in total. The molecule has 9 heteroatoms. The monoisotopic (exact) mass is 469 g/mol. The van der Waals surface area contributed by atoms with Crippen molar-refractivity contribution in [2.75, 3.05) is 23.3 Å². The number of nitrogens with one attached hydrogen (secondary N) is 2. The van der Waals surface area contributed by atoms with Crippen LogP contribution in [0.2, 0.25) is 0 Å². The van der Waals surface area contributed by atoms with Crippen molar-refractivity contribution < 1.29 is 18.0 Å². The number of halogens is 2. The van der Waals surface area contributed by atoms with Gasteiger partial charge in [0.05, 0.1) is 5.54 Å². The Hall–Kier alpha value is -2.97. The van der Waals surface area contributed by atoms with E-state index in [0.717, 1.165) is 12.8 Å². The van der Waals surface area contributed by atoms with Crippen LogP contribution in [0.15, 0.2) is 28.8 Å². The maximum atomic E-state index is 15.0. The zero-order valence-corrected chi connectivity index (χ0v) is 19.3. The smallest absolute Gasteiger partial charge is 0.316 e. The predicted molar refractivity (Wildman–Crippen MR) is 122 cm³/mol. The van der Waals surface area contributed by atoms with Crippen LogP contribution in [0.1, 0.15) is 75.2 Å². The highest BCUT2D eigenvalue weighted by atomic mass is 19.1. The number of anilines is 2. The molecule has 180 valence electrons. The van der Waals surface area contributed by atoms with Gasteiger partial charge >= 0.3 is 6.01 Å². The zero-order valence-electron chi connectivity index (χ0n) is 19.3. The number of piperidine rings is 1. The lowest BCUT2D eigenvalue weighted by molar-refractivity contribution is -0.121. The maximum absolute atomic E-state index is 15.0. The van der Waals surface area contributed by atoms with Gasteiger partial charge in [-0.25, -0.2) is 8.78 Å². The molecule has 3 heterocycles. The fraction of sp³-hybridized carbons (Fsp3) is 0.560. The van der Waals surface area contributed by atoms with E-state index in [2.05, 4.69) is 27.4 Å². The Morgan fingerprint density at radius 3 is 2.53 bits per heavy atom. The number of allylic oxidation sites excluding steroid dienone is 1. The van der Waals surface area contributed by atoms with Crippen molar-refractivity contribution in [1.82, 2.24) is 15.5 Å². The van der Waals surface area contributed by atoms with Crippen LogP contribution in [0.5, 0.6) is 0 Å². The van der Waals surface area contributed by atoms with Gasteiger partial charge in [-0.2, -0.15) is 0 Å². The number of aromatic nitrogens is 2. The Bertz CT molecular complexity index is 1140. The molecule has 1 amide bonds. The van der Waals surface area contributed by atoms with Crippen molar-refractivity contribution in [3.05, 3.63) is 47.5 Å². The minimum atomic E-state index is -0.620. The maximum Gasteiger partial charge on any atom is 0.316 e. The highest BCUT2D eigenvalue weighted by molar-refractivity contribution is 5.79. The van der Waals surface area contributed by atoms with Gasteiger partial charge in [-0.1, -0.05) is 18.1 Å². The lowest BCUT2D eigenvalue weighted by Gasteiger charge is -2.53. The number of carbonyl (C=O) groups is 1. The van der Waals surface area contributed by atoms with E-state index in [1.165, 1.54) is 31.4 Å². The first-order chi connectivity index (χ1) is 16.2. The van der Waals surface area contributed by atoms with Crippen molar-refractivity contribution in [1.29, 1.82) is 0 Å². The van der Waals surface area contributed by atoms with E-state index in [1.807, 2.05) is 11.8 Å². The number of carbonyl (C=O) groups excluding carboxylic acids is 1. The molecule has 34 heavy (non-hydrogen) atoms. The summed E-state index contributed by atoms with van der Waals surface area (Å²) < 4.78 is 35.8. The lowest BCUT2D eigenvalue weighted by atomic mass is 9.52. The van der Waals surface area contributed by atoms with Gasteiger partial charge in [-0.05, 0) is 56.6 Å². The van der Waals surface area contributed by atoms with Gasteiger partial charge in [-0.3, -0.25) is 4.79 Å². The number of hydrogen-bond acceptors (Lipinski definition) is 6. The fourth-order valence-corrected chi connectivity index (χ4v) is 6.19. The van der Waals surface area contributed by atoms with E-state index in [-0.39, 0.29) is 23.4 Å². The molecular weight excluding hydrogens is 440 g/mol. The fourth-order valence-electron chi connectivity index (χ4n) is 6.19. The molecule has 1 atom stereocenters. The van der Waals surface area contributed by atoms with Crippen molar-refractivity contribution in [2.45, 2.75) is 69.2 Å². The largest absolute Gasteiger partial charge is 0.408 e. The molecule has 1 spiro atoms. The van der Waals surface area contributed by atoms with E-state index >= 15 is 0 Å². The van der Waals surface area contributed by atoms with Crippen LogP contribution < -0.4 is 15.5 Å². The van der Waals surface area contributed by atoms with Gasteiger partial charge in [0.2, 0.25) is 11.8 Å². The van der Waals surface area contributed by atoms with Crippen LogP contribution in [0, 0.1) is 17.0 Å². The molecule has 6 rings (SSSR count). The van der Waals surface area contributed by atoms with Crippen LogP contribution >= 0.6 is 0 Å². The SMILES string of the molecule is C=C1NC(=O)CCC1c1c(F)cc(N2CC(C)(Nc3nnc(C4CC5(CCC5)C4)o3)C2)cc1F. The van der Waals surface area contributed by atoms with Gasteiger partial charge in [0.15, 0.2) is 0 Å². The number of amides is 1. The summed E-state index contributed by atoms with van der Waals surface area (Å²) in [5.74, 6) is -0.895. The van der Waals surface area contributed by atoms with Gasteiger partial charge < -0.3 is 20.0 Å². The van der Waals surface area contributed by atoms with E-state index < -0.39 is 17.6 Å². The molecule has 4 aliphatic rings. The summed E-state index contributed by atoms with van der Waals surface area (Å²) >= 11 is 0. The zero-order chi connectivity index (χ0) is 23.7. The quantitative estimate of drug-likeness (QED) is 0.666. The Morgan fingerprint density at radius 1 is 1.21 bits per heavy atom. The van der Waals surface area contributed by atoms with Crippen LogP contribution in [0.25, 0.3) is 0 Å². The molecule has 1 aromatic heterocycles. The highest BCUT2D eigenvalue weighted by Crippen LogP contribution is 2.61. The van der Waals surface area contributed by atoms with Gasteiger partial charge in [-0.15, -0.1) is 5.10 Å². The number of benzene rings is 1. The summed E-state index contributed by atoms with van der Waals surface area (Å²) in [5.41, 5.74) is 0.992. The van der Waals surface area contributed by atoms with E-state index in [0.29, 0.717) is 54.1 Å². The normalized spacial score (nSPS) is 25.4. The number of rotatable bonds is 5. The third-order valence-corrected chi connectivity index (χ3v) is 8.21. The summed E-state index contributed by atoms with van der Waals surface area (Å²) in [6, 6.07) is 3.12. The Morgan fingerprint density at radius 2 is 1.91 bits per heavy atom. The first-order valence-electron chi connectivity index (χ1n) is 12.1. The summed E-state index contributed by atoms with van der Waals surface area (Å²) in [4.78, 5) is 13.4. The van der Waals surface area contributed by atoms with Crippen molar-refractivity contribution in [3.8, 4) is 0 Å². The molecule has 0 bridgehead atoms. The molecule has 2 aliphatic carbocycles. The minimum Gasteiger partial charge on any atom is -0.408 e.